The second-order valence-corrected chi connectivity index (χ2v) is 16.1. The lowest BCUT2D eigenvalue weighted by Crippen LogP contribution is -2.55. The number of fused-ring (bicyclic) bond motifs is 3. The van der Waals surface area contributed by atoms with Crippen molar-refractivity contribution in [3.8, 4) is 23.3 Å². The van der Waals surface area contributed by atoms with Crippen LogP contribution in [0.25, 0.3) is 0 Å². The third-order valence-electron chi connectivity index (χ3n) is 12.4. The molecule has 6 atom stereocenters. The number of morpholine rings is 1. The van der Waals surface area contributed by atoms with E-state index in [1.165, 1.54) is 24.3 Å². The van der Waals surface area contributed by atoms with Crippen molar-refractivity contribution in [2.24, 2.45) is 11.7 Å². The van der Waals surface area contributed by atoms with Gasteiger partial charge in [-0.15, -0.1) is 0 Å². The van der Waals surface area contributed by atoms with Crippen molar-refractivity contribution in [3.05, 3.63) is 201 Å². The summed E-state index contributed by atoms with van der Waals surface area (Å²) < 4.78 is 23.4. The molecule has 0 aromatic heterocycles. The van der Waals surface area contributed by atoms with Crippen LogP contribution in [0.3, 0.4) is 0 Å². The van der Waals surface area contributed by atoms with E-state index in [2.05, 4.69) is 11.8 Å². The van der Waals surface area contributed by atoms with Crippen molar-refractivity contribution >= 4 is 35.3 Å². The number of methoxy groups -OCH3 is 1. The van der Waals surface area contributed by atoms with E-state index in [4.69, 9.17) is 24.7 Å². The van der Waals surface area contributed by atoms with Gasteiger partial charge in [0, 0.05) is 23.3 Å². The molecule has 9 rings (SSSR count). The van der Waals surface area contributed by atoms with Gasteiger partial charge >= 0.3 is 12.1 Å². The van der Waals surface area contributed by atoms with Crippen molar-refractivity contribution in [2.45, 2.75) is 36.3 Å². The molecule has 6 unspecified atom stereocenters. The van der Waals surface area contributed by atoms with Crippen LogP contribution in [-0.2, 0) is 35.9 Å². The number of nitrogens with two attached hydrogens (primary N) is 1. The lowest BCUT2D eigenvalue weighted by molar-refractivity contribution is -0.384. The summed E-state index contributed by atoms with van der Waals surface area (Å²) in [6.07, 6.45) is -2.08. The van der Waals surface area contributed by atoms with Crippen LogP contribution in [-0.4, -0.2) is 65.2 Å². The number of anilines is 1. The van der Waals surface area contributed by atoms with Crippen LogP contribution in [0.2, 0.25) is 0 Å². The number of nitro groups is 1. The fourth-order valence-corrected chi connectivity index (χ4v) is 9.68. The molecule has 3 N–H and O–H groups in total. The molecule has 0 bridgehead atoms. The molecular formula is C52H42N4O11. The van der Waals surface area contributed by atoms with E-state index in [0.717, 1.165) is 4.90 Å². The molecule has 2 saturated heterocycles. The van der Waals surface area contributed by atoms with Gasteiger partial charge in [-0.2, -0.15) is 0 Å². The Kier molecular flexibility index (Phi) is 12.0. The average Bonchev–Trinajstić information content (AvgIpc) is 3.81. The van der Waals surface area contributed by atoms with Gasteiger partial charge in [-0.25, -0.2) is 9.69 Å². The number of primary amides is 1. The first-order valence-corrected chi connectivity index (χ1v) is 21.3. The Morgan fingerprint density at radius 1 is 0.791 bits per heavy atom. The van der Waals surface area contributed by atoms with Crippen LogP contribution < -0.4 is 20.1 Å². The first kappa shape index (κ1) is 43.9. The summed E-state index contributed by atoms with van der Waals surface area (Å²) in [7, 11) is 1.56. The van der Waals surface area contributed by atoms with E-state index < -0.39 is 64.4 Å². The number of ether oxygens (including phenoxy) is 4. The van der Waals surface area contributed by atoms with Crippen LogP contribution in [0.5, 0.6) is 11.5 Å². The van der Waals surface area contributed by atoms with Gasteiger partial charge in [-0.1, -0.05) is 84.6 Å². The number of carbonyl (C=O) groups excluding carboxylic acids is 4. The van der Waals surface area contributed by atoms with Crippen LogP contribution in [0.15, 0.2) is 152 Å². The SMILES string of the molecule is COc1ccc(C#Cc2ccc3c(c2)C2(C(=O)N3C(=O)OCc3ccc([N+](=O)[O-])cc3)C(C(N)=O)C3C(=O)OC(c4ccccc4)C(c4ccccc4)N3C2c2cccc(OCCO)c2)cc1. The number of aliphatic hydroxyl groups is 1. The molecule has 2 fully saturated rings. The Morgan fingerprint density at radius 2 is 1.45 bits per heavy atom. The highest BCUT2D eigenvalue weighted by Crippen LogP contribution is 2.66. The zero-order valence-corrected chi connectivity index (χ0v) is 35.9. The number of cyclic esters (lactones) is 1. The zero-order chi connectivity index (χ0) is 46.8. The number of imide groups is 1. The topological polar surface area (TPSA) is 201 Å². The molecule has 1 spiro atoms. The molecule has 3 amide bonds. The number of rotatable bonds is 11. The molecule has 15 heteroatoms. The van der Waals surface area contributed by atoms with E-state index in [9.17, 15) is 29.6 Å². The molecule has 0 saturated carbocycles. The van der Waals surface area contributed by atoms with Gasteiger partial charge < -0.3 is 29.8 Å². The molecule has 3 aliphatic heterocycles. The van der Waals surface area contributed by atoms with Gasteiger partial charge in [0.2, 0.25) is 11.8 Å². The average molecular weight is 899 g/mol. The smallest absolute Gasteiger partial charge is 0.421 e. The van der Waals surface area contributed by atoms with Crippen molar-refractivity contribution in [2.75, 3.05) is 25.2 Å². The Bertz CT molecular complexity index is 2940. The zero-order valence-electron chi connectivity index (χ0n) is 35.9. The highest BCUT2D eigenvalue weighted by molar-refractivity contribution is 6.23. The standard InChI is InChI=1S/C52H42N4O11/c1-64-39-24-19-32(20-25-39)15-16-33-21-26-42-41(29-33)52(50(60)54(42)51(61)66-31-34-17-22-38(23-18-34)56(62)63)43(48(53)58)45-49(59)67-46(36-11-6-3-7-12-36)44(35-9-4-2-5-10-35)55(45)47(52)37-13-8-14-40(30-37)65-28-27-57/h2-14,17-26,29-30,43-47,57H,27-28,31H2,1H3,(H2,53,58). The number of nitrogens with zero attached hydrogens (tertiary/aromatic N) is 3. The van der Waals surface area contributed by atoms with Gasteiger partial charge in [0.05, 0.1) is 42.3 Å². The maximum Gasteiger partial charge on any atom is 0.421 e. The molecule has 15 nitrogen and oxygen atoms in total. The molecule has 3 aliphatic rings. The van der Waals surface area contributed by atoms with Crippen LogP contribution >= 0.6 is 0 Å². The van der Waals surface area contributed by atoms with E-state index in [1.807, 2.05) is 65.6 Å². The Hall–Kier alpha value is -8.32. The minimum absolute atomic E-state index is 0.0571. The lowest BCUT2D eigenvalue weighted by Gasteiger charge is -2.46. The molecule has 3 heterocycles. The summed E-state index contributed by atoms with van der Waals surface area (Å²) in [5.74, 6) is 2.86. The highest BCUT2D eigenvalue weighted by atomic mass is 16.6. The van der Waals surface area contributed by atoms with Crippen molar-refractivity contribution in [1.82, 2.24) is 4.90 Å². The quantitative estimate of drug-likeness (QED) is 0.0593. The summed E-state index contributed by atoms with van der Waals surface area (Å²) in [6.45, 7) is -0.729. The largest absolute Gasteiger partial charge is 0.497 e. The van der Waals surface area contributed by atoms with Gasteiger partial charge in [0.1, 0.15) is 42.3 Å². The summed E-state index contributed by atoms with van der Waals surface area (Å²) in [5.41, 5.74) is 7.61. The maximum absolute atomic E-state index is 16.2. The molecule has 0 aliphatic carbocycles. The Labute approximate surface area is 384 Å². The maximum atomic E-state index is 16.2. The fourth-order valence-electron chi connectivity index (χ4n) is 9.68. The van der Waals surface area contributed by atoms with Gasteiger partial charge in [-0.05, 0) is 94.5 Å². The minimum Gasteiger partial charge on any atom is -0.497 e. The van der Waals surface area contributed by atoms with Crippen LogP contribution in [0.4, 0.5) is 16.2 Å². The van der Waals surface area contributed by atoms with Crippen molar-refractivity contribution < 1.29 is 48.2 Å². The predicted molar refractivity (Wildman–Crippen MR) is 242 cm³/mol. The van der Waals surface area contributed by atoms with Gasteiger partial charge in [0.25, 0.3) is 5.69 Å². The predicted octanol–water partition coefficient (Wildman–Crippen LogP) is 6.86. The van der Waals surface area contributed by atoms with Crippen molar-refractivity contribution in [1.29, 1.82) is 0 Å². The summed E-state index contributed by atoms with van der Waals surface area (Å²) in [5, 5.41) is 21.1. The fraction of sp³-hybridized carbons (Fsp3) is 0.192. The number of hydrogen-bond acceptors (Lipinski definition) is 12. The number of hydrogen-bond donors (Lipinski definition) is 2. The number of nitro benzene ring substituents is 1. The van der Waals surface area contributed by atoms with Crippen LogP contribution in [0.1, 0.15) is 57.1 Å². The third kappa shape index (κ3) is 7.88. The number of non-ortho nitro benzene ring substituents is 1. The third-order valence-corrected chi connectivity index (χ3v) is 12.4. The summed E-state index contributed by atoms with van der Waals surface area (Å²) in [6, 6.07) is 38.9. The molecule has 336 valence electrons. The number of aliphatic hydroxyl groups excluding tert-OH is 1. The van der Waals surface area contributed by atoms with Gasteiger partial charge in [-0.3, -0.25) is 29.4 Å². The number of esters is 1. The van der Waals surface area contributed by atoms with Gasteiger partial charge in [0.15, 0.2) is 0 Å². The Balaban J connectivity index is 1.29. The number of carbonyl (C=O) groups is 4. The minimum atomic E-state index is -2.15. The number of amides is 3. The Morgan fingerprint density at radius 3 is 2.10 bits per heavy atom. The van der Waals surface area contributed by atoms with E-state index in [-0.39, 0.29) is 36.8 Å². The molecule has 6 aromatic rings. The second kappa shape index (κ2) is 18.3. The van der Waals surface area contributed by atoms with Crippen LogP contribution in [0, 0.1) is 27.9 Å². The highest BCUT2D eigenvalue weighted by Gasteiger charge is 2.75. The monoisotopic (exact) mass is 898 g/mol. The molecule has 6 aromatic carbocycles. The number of benzene rings is 6. The lowest BCUT2D eigenvalue weighted by atomic mass is 9.65. The van der Waals surface area contributed by atoms with E-state index in [0.29, 0.717) is 44.9 Å². The molecular weight excluding hydrogens is 857 g/mol. The summed E-state index contributed by atoms with van der Waals surface area (Å²) >= 11 is 0. The molecule has 0 radical (unpaired) electrons. The van der Waals surface area contributed by atoms with Crippen molar-refractivity contribution in [3.63, 3.8) is 0 Å². The normalized spacial score (nSPS) is 21.6. The second-order valence-electron chi connectivity index (χ2n) is 16.1. The summed E-state index contributed by atoms with van der Waals surface area (Å²) in [4.78, 5) is 73.8. The molecule has 67 heavy (non-hydrogen) atoms. The van der Waals surface area contributed by atoms with E-state index >= 15 is 4.79 Å². The first-order chi connectivity index (χ1) is 32.5. The van der Waals surface area contributed by atoms with E-state index in [1.54, 1.807) is 73.8 Å². The first-order valence-electron chi connectivity index (χ1n) is 21.3.